The van der Waals surface area contributed by atoms with Crippen molar-refractivity contribution in [1.82, 2.24) is 19.7 Å². The summed E-state index contributed by atoms with van der Waals surface area (Å²) >= 11 is 6.27. The average Bonchev–Trinajstić information content (AvgIpc) is 3.04. The van der Waals surface area contributed by atoms with Crippen molar-refractivity contribution in [3.8, 4) is 5.69 Å². The quantitative estimate of drug-likeness (QED) is 0.725. The van der Waals surface area contributed by atoms with E-state index in [2.05, 4.69) is 22.1 Å². The fourth-order valence-corrected chi connectivity index (χ4v) is 3.19. The summed E-state index contributed by atoms with van der Waals surface area (Å²) in [5.74, 6) is 0.853. The van der Waals surface area contributed by atoms with Gasteiger partial charge in [-0.25, -0.2) is 0 Å². The molecule has 0 amide bonds. The number of nitrogens with zero attached hydrogens (tertiary/aromatic N) is 5. The molecule has 6 heteroatoms. The Hall–Kier alpha value is -2.53. The molecule has 1 aromatic carbocycles. The van der Waals surface area contributed by atoms with Gasteiger partial charge in [0, 0.05) is 16.8 Å². The number of pyridine rings is 1. The largest absolute Gasteiger partial charge is 0.283 e. The Morgan fingerprint density at radius 3 is 2.92 bits per heavy atom. The first kappa shape index (κ1) is 15.0. The summed E-state index contributed by atoms with van der Waals surface area (Å²) in [4.78, 5) is 9.50. The molecule has 5 nitrogen and oxygen atoms in total. The van der Waals surface area contributed by atoms with Crippen LogP contribution in [0.5, 0.6) is 0 Å². The second kappa shape index (κ2) is 6.17. The van der Waals surface area contributed by atoms with E-state index in [0.29, 0.717) is 5.02 Å². The third-order valence-corrected chi connectivity index (χ3v) is 4.34. The molecule has 0 aliphatic carbocycles. The van der Waals surface area contributed by atoms with E-state index in [1.54, 1.807) is 12.5 Å². The van der Waals surface area contributed by atoms with E-state index in [9.17, 15) is 0 Å². The van der Waals surface area contributed by atoms with Crippen LogP contribution in [-0.4, -0.2) is 25.5 Å². The van der Waals surface area contributed by atoms with E-state index in [-0.39, 0.29) is 6.04 Å². The van der Waals surface area contributed by atoms with E-state index in [0.717, 1.165) is 41.3 Å². The fraction of sp³-hybridized carbons (Fsp3) is 0.222. The van der Waals surface area contributed by atoms with Crippen LogP contribution >= 0.6 is 11.6 Å². The van der Waals surface area contributed by atoms with Crippen molar-refractivity contribution in [2.45, 2.75) is 25.8 Å². The number of hydrogen-bond acceptors (Lipinski definition) is 4. The summed E-state index contributed by atoms with van der Waals surface area (Å²) in [6, 6.07) is 11.6. The van der Waals surface area contributed by atoms with E-state index >= 15 is 0 Å². The first-order chi connectivity index (χ1) is 11.8. The molecule has 0 unspecified atom stereocenters. The van der Waals surface area contributed by atoms with Crippen molar-refractivity contribution in [3.63, 3.8) is 0 Å². The lowest BCUT2D eigenvalue weighted by Crippen LogP contribution is -2.08. The van der Waals surface area contributed by atoms with Gasteiger partial charge < -0.3 is 0 Å². The van der Waals surface area contributed by atoms with E-state index in [1.165, 1.54) is 0 Å². The minimum absolute atomic E-state index is 0.0549. The number of fused-ring (bicyclic) bond motifs is 3. The van der Waals surface area contributed by atoms with E-state index in [1.807, 2.05) is 41.0 Å². The van der Waals surface area contributed by atoms with Crippen molar-refractivity contribution in [2.75, 3.05) is 0 Å². The molecular weight excluding hydrogens is 322 g/mol. The summed E-state index contributed by atoms with van der Waals surface area (Å²) in [7, 11) is 0. The van der Waals surface area contributed by atoms with Crippen LogP contribution in [0.15, 0.2) is 53.9 Å². The normalized spacial score (nSPS) is 16.1. The molecule has 2 aromatic heterocycles. The van der Waals surface area contributed by atoms with E-state index in [4.69, 9.17) is 16.6 Å². The smallest absolute Gasteiger partial charge is 0.162 e. The van der Waals surface area contributed by atoms with Gasteiger partial charge in [-0.15, -0.1) is 10.2 Å². The summed E-state index contributed by atoms with van der Waals surface area (Å²) in [5.41, 5.74) is 3.60. The number of hydrogen-bond donors (Lipinski definition) is 0. The number of aromatic nitrogens is 4. The van der Waals surface area contributed by atoms with Crippen LogP contribution in [0.1, 0.15) is 42.9 Å². The van der Waals surface area contributed by atoms with Gasteiger partial charge in [0.1, 0.15) is 12.4 Å². The maximum atomic E-state index is 6.27. The highest BCUT2D eigenvalue weighted by atomic mass is 35.5. The fourth-order valence-electron chi connectivity index (χ4n) is 3.02. The lowest BCUT2D eigenvalue weighted by molar-refractivity contribution is 0.597. The highest BCUT2D eigenvalue weighted by molar-refractivity contribution is 6.31. The van der Waals surface area contributed by atoms with Crippen LogP contribution in [0.25, 0.3) is 5.69 Å². The average molecular weight is 338 g/mol. The zero-order chi connectivity index (χ0) is 16.5. The minimum Gasteiger partial charge on any atom is -0.283 e. The number of aliphatic imine (C=N–C) groups is 1. The standard InChI is InChI=1S/C18H16ClN5/c1-2-5-15-18-23-21-11-24(18)16-8-7-12(19)10-13(16)17(22-15)14-6-3-4-9-20-14/h3-4,6-11,15H,2,5H2,1H3/t15-/m0/s1. The third kappa shape index (κ3) is 2.51. The summed E-state index contributed by atoms with van der Waals surface area (Å²) in [6.07, 6.45) is 5.42. The maximum Gasteiger partial charge on any atom is 0.162 e. The van der Waals surface area contributed by atoms with Crippen molar-refractivity contribution < 1.29 is 0 Å². The van der Waals surface area contributed by atoms with Gasteiger partial charge in [0.2, 0.25) is 0 Å². The number of benzene rings is 1. The van der Waals surface area contributed by atoms with Crippen molar-refractivity contribution in [1.29, 1.82) is 0 Å². The zero-order valence-electron chi connectivity index (χ0n) is 13.2. The van der Waals surface area contributed by atoms with Gasteiger partial charge in [-0.2, -0.15) is 0 Å². The Morgan fingerprint density at radius 2 is 2.12 bits per heavy atom. The SMILES string of the molecule is CCC[C@@H]1N=C(c2ccccn2)c2cc(Cl)ccc2-n2cnnc21. The molecule has 0 bridgehead atoms. The molecule has 0 N–H and O–H groups in total. The molecular formula is C18H16ClN5. The van der Waals surface area contributed by atoms with Gasteiger partial charge >= 0.3 is 0 Å². The molecule has 4 rings (SSSR count). The molecule has 0 spiro atoms. The molecule has 0 saturated carbocycles. The van der Waals surface area contributed by atoms with Gasteiger partial charge in [-0.3, -0.25) is 14.5 Å². The van der Waals surface area contributed by atoms with Gasteiger partial charge in [-0.1, -0.05) is 31.0 Å². The molecule has 0 saturated heterocycles. The second-order valence-electron chi connectivity index (χ2n) is 5.72. The molecule has 3 aromatic rings. The Labute approximate surface area is 145 Å². The van der Waals surface area contributed by atoms with Gasteiger partial charge in [0.15, 0.2) is 5.82 Å². The van der Waals surface area contributed by atoms with Crippen LogP contribution in [-0.2, 0) is 0 Å². The van der Waals surface area contributed by atoms with Gasteiger partial charge in [0.25, 0.3) is 0 Å². The maximum absolute atomic E-state index is 6.27. The lowest BCUT2D eigenvalue weighted by Gasteiger charge is -2.10. The zero-order valence-corrected chi connectivity index (χ0v) is 14.0. The molecule has 0 radical (unpaired) electrons. The van der Waals surface area contributed by atoms with Crippen LogP contribution in [0, 0.1) is 0 Å². The molecule has 1 aliphatic heterocycles. The highest BCUT2D eigenvalue weighted by Crippen LogP contribution is 2.32. The highest BCUT2D eigenvalue weighted by Gasteiger charge is 2.26. The molecule has 1 aliphatic rings. The summed E-state index contributed by atoms with van der Waals surface area (Å²) in [5, 5.41) is 9.08. The van der Waals surface area contributed by atoms with Crippen LogP contribution < -0.4 is 0 Å². The van der Waals surface area contributed by atoms with Crippen LogP contribution in [0.4, 0.5) is 0 Å². The van der Waals surface area contributed by atoms with E-state index < -0.39 is 0 Å². The predicted octanol–water partition coefficient (Wildman–Crippen LogP) is 4.01. The topological polar surface area (TPSA) is 56.0 Å². The van der Waals surface area contributed by atoms with Gasteiger partial charge in [0.05, 0.1) is 17.1 Å². The van der Waals surface area contributed by atoms with Crippen molar-refractivity contribution >= 4 is 17.3 Å². The van der Waals surface area contributed by atoms with Crippen molar-refractivity contribution in [3.05, 3.63) is 71.0 Å². The second-order valence-corrected chi connectivity index (χ2v) is 6.15. The molecule has 24 heavy (non-hydrogen) atoms. The van der Waals surface area contributed by atoms with Crippen LogP contribution in [0.2, 0.25) is 5.02 Å². The number of rotatable bonds is 3. The first-order valence-electron chi connectivity index (χ1n) is 7.97. The lowest BCUT2D eigenvalue weighted by atomic mass is 10.0. The summed E-state index contributed by atoms with van der Waals surface area (Å²) in [6.45, 7) is 2.14. The van der Waals surface area contributed by atoms with Crippen LogP contribution in [0.3, 0.4) is 0 Å². The number of halogens is 1. The molecule has 120 valence electrons. The monoisotopic (exact) mass is 337 g/mol. The predicted molar refractivity (Wildman–Crippen MR) is 93.9 cm³/mol. The minimum atomic E-state index is -0.0549. The Morgan fingerprint density at radius 1 is 1.21 bits per heavy atom. The Kier molecular flexibility index (Phi) is 3.86. The first-order valence-corrected chi connectivity index (χ1v) is 8.35. The third-order valence-electron chi connectivity index (χ3n) is 4.10. The molecule has 3 heterocycles. The molecule has 1 atom stereocenters. The molecule has 0 fully saturated rings. The summed E-state index contributed by atoms with van der Waals surface area (Å²) < 4.78 is 2.01. The van der Waals surface area contributed by atoms with Crippen molar-refractivity contribution in [2.24, 2.45) is 4.99 Å². The Bertz CT molecular complexity index is 901. The Balaban J connectivity index is 2.00. The van der Waals surface area contributed by atoms with Gasteiger partial charge in [-0.05, 0) is 36.8 Å².